The summed E-state index contributed by atoms with van der Waals surface area (Å²) in [6, 6.07) is 12.1. The molecule has 2 atom stereocenters. The molecule has 6 nitrogen and oxygen atoms in total. The van der Waals surface area contributed by atoms with Crippen LogP contribution in [0.2, 0.25) is 5.02 Å². The van der Waals surface area contributed by atoms with E-state index in [-0.39, 0.29) is 18.1 Å². The molecule has 1 heterocycles. The lowest BCUT2D eigenvalue weighted by atomic mass is 10.0. The van der Waals surface area contributed by atoms with Crippen LogP contribution in [-0.2, 0) is 14.8 Å². The lowest BCUT2D eigenvalue weighted by Crippen LogP contribution is -2.36. The Balaban J connectivity index is 1.76. The van der Waals surface area contributed by atoms with Crippen molar-refractivity contribution >= 4 is 33.2 Å². The van der Waals surface area contributed by atoms with Gasteiger partial charge in [-0.1, -0.05) is 29.8 Å². The van der Waals surface area contributed by atoms with E-state index in [1.54, 1.807) is 37.3 Å². The first-order valence-electron chi connectivity index (χ1n) is 8.49. The molecule has 0 radical (unpaired) electrons. The number of aryl methyl sites for hydroxylation is 1. The fraction of sp³-hybridized carbons (Fsp3) is 0.316. The highest BCUT2D eigenvalue weighted by Crippen LogP contribution is 2.30. The second-order valence-electron chi connectivity index (χ2n) is 6.62. The highest BCUT2D eigenvalue weighted by atomic mass is 35.5. The third-order valence-corrected chi connectivity index (χ3v) is 5.24. The zero-order valence-corrected chi connectivity index (χ0v) is 16.6. The minimum absolute atomic E-state index is 0.175. The molecule has 0 aromatic heterocycles. The second kappa shape index (κ2) is 7.88. The molecule has 0 spiro atoms. The van der Waals surface area contributed by atoms with E-state index in [0.717, 1.165) is 17.4 Å². The van der Waals surface area contributed by atoms with Crippen LogP contribution in [-0.4, -0.2) is 33.2 Å². The van der Waals surface area contributed by atoms with Crippen molar-refractivity contribution in [3.63, 3.8) is 0 Å². The number of amides is 1. The first-order valence-corrected chi connectivity index (χ1v) is 10.8. The van der Waals surface area contributed by atoms with Gasteiger partial charge in [0.1, 0.15) is 6.10 Å². The molecule has 0 bridgehead atoms. The topological polar surface area (TPSA) is 84.5 Å². The van der Waals surface area contributed by atoms with E-state index < -0.39 is 10.0 Å². The van der Waals surface area contributed by atoms with Crippen LogP contribution >= 0.6 is 11.6 Å². The number of nitrogens with one attached hydrogen (secondary N) is 2. The number of sulfonamides is 1. The summed E-state index contributed by atoms with van der Waals surface area (Å²) in [4.78, 5) is 12.7. The quantitative estimate of drug-likeness (QED) is 0.795. The molecule has 1 saturated heterocycles. The van der Waals surface area contributed by atoms with E-state index in [4.69, 9.17) is 16.3 Å². The van der Waals surface area contributed by atoms with Crippen LogP contribution in [0, 0.1) is 6.92 Å². The van der Waals surface area contributed by atoms with Gasteiger partial charge < -0.3 is 10.1 Å². The van der Waals surface area contributed by atoms with Crippen molar-refractivity contribution < 1.29 is 17.9 Å². The summed E-state index contributed by atoms with van der Waals surface area (Å²) >= 11 is 5.93. The first-order chi connectivity index (χ1) is 12.7. The van der Waals surface area contributed by atoms with Crippen molar-refractivity contribution in [3.8, 4) is 0 Å². The Kier molecular flexibility index (Phi) is 5.74. The average Bonchev–Trinajstić information content (AvgIpc) is 3.04. The summed E-state index contributed by atoms with van der Waals surface area (Å²) in [6.07, 6.45) is 1.52. The van der Waals surface area contributed by atoms with E-state index in [1.807, 2.05) is 12.1 Å². The van der Waals surface area contributed by atoms with Crippen LogP contribution < -0.4 is 10.0 Å². The molecule has 27 heavy (non-hydrogen) atoms. The van der Waals surface area contributed by atoms with Gasteiger partial charge in [0.15, 0.2) is 0 Å². The molecule has 8 heteroatoms. The summed E-state index contributed by atoms with van der Waals surface area (Å²) < 4.78 is 31.2. The molecule has 2 aromatic rings. The SMILES string of the molecule is Cc1ccc(C(=O)N[C@@H]2CCO[C@H]2c2ccc(Cl)cc2)cc1NS(C)(=O)=O. The molecular weight excluding hydrogens is 388 g/mol. The Morgan fingerprint density at radius 2 is 1.89 bits per heavy atom. The van der Waals surface area contributed by atoms with E-state index >= 15 is 0 Å². The maximum atomic E-state index is 12.7. The number of halogens is 1. The predicted octanol–water partition coefficient (Wildman–Crippen LogP) is 3.28. The Labute approximate surface area is 163 Å². The maximum absolute atomic E-state index is 12.7. The normalized spacial score (nSPS) is 19.7. The standard InChI is InChI=1S/C19H21ClN2O4S/c1-12-3-4-14(11-17(12)22-27(2,24)25)19(23)21-16-9-10-26-18(16)13-5-7-15(20)8-6-13/h3-8,11,16,18,22H,9-10H2,1-2H3,(H,21,23)/t16-,18+/m1/s1. The van der Waals surface area contributed by atoms with Gasteiger partial charge in [0, 0.05) is 17.2 Å². The van der Waals surface area contributed by atoms with Crippen molar-refractivity contribution in [1.29, 1.82) is 0 Å². The fourth-order valence-corrected chi connectivity index (χ4v) is 3.79. The van der Waals surface area contributed by atoms with E-state index in [2.05, 4.69) is 10.0 Å². The fourth-order valence-electron chi connectivity index (χ4n) is 3.04. The second-order valence-corrected chi connectivity index (χ2v) is 8.80. The van der Waals surface area contributed by atoms with Gasteiger partial charge in [-0.25, -0.2) is 8.42 Å². The van der Waals surface area contributed by atoms with Crippen molar-refractivity contribution in [2.75, 3.05) is 17.6 Å². The summed E-state index contributed by atoms with van der Waals surface area (Å²) in [5, 5.41) is 3.64. The third kappa shape index (κ3) is 5.00. The van der Waals surface area contributed by atoms with Crippen molar-refractivity contribution in [3.05, 3.63) is 64.2 Å². The van der Waals surface area contributed by atoms with Crippen molar-refractivity contribution in [2.45, 2.75) is 25.5 Å². The molecule has 2 N–H and O–H groups in total. The number of carbonyl (C=O) groups is 1. The monoisotopic (exact) mass is 408 g/mol. The van der Waals surface area contributed by atoms with E-state index in [0.29, 0.717) is 29.3 Å². The van der Waals surface area contributed by atoms with E-state index in [9.17, 15) is 13.2 Å². The molecule has 0 saturated carbocycles. The number of carbonyl (C=O) groups excluding carboxylic acids is 1. The summed E-state index contributed by atoms with van der Waals surface area (Å²) in [7, 11) is -3.43. The molecule has 3 rings (SSSR count). The van der Waals surface area contributed by atoms with Gasteiger partial charge in [-0.15, -0.1) is 0 Å². The van der Waals surface area contributed by atoms with E-state index in [1.165, 1.54) is 0 Å². The molecule has 1 aliphatic rings. The van der Waals surface area contributed by atoms with Gasteiger partial charge in [-0.3, -0.25) is 9.52 Å². The number of benzene rings is 2. The number of ether oxygens (including phenoxy) is 1. The highest BCUT2D eigenvalue weighted by Gasteiger charge is 2.31. The Hall–Kier alpha value is -2.09. The van der Waals surface area contributed by atoms with Crippen LogP contribution in [0.4, 0.5) is 5.69 Å². The van der Waals surface area contributed by atoms with Crippen LogP contribution in [0.25, 0.3) is 0 Å². The minimum Gasteiger partial charge on any atom is -0.371 e. The molecule has 0 unspecified atom stereocenters. The third-order valence-electron chi connectivity index (χ3n) is 4.40. The Morgan fingerprint density at radius 3 is 2.56 bits per heavy atom. The Morgan fingerprint density at radius 1 is 1.19 bits per heavy atom. The van der Waals surface area contributed by atoms with Gasteiger partial charge in [-0.05, 0) is 48.7 Å². The number of anilines is 1. The Bertz CT molecular complexity index is 945. The zero-order chi connectivity index (χ0) is 19.6. The predicted molar refractivity (Wildman–Crippen MR) is 106 cm³/mol. The van der Waals surface area contributed by atoms with Gasteiger partial charge in [-0.2, -0.15) is 0 Å². The van der Waals surface area contributed by atoms with Gasteiger partial charge in [0.2, 0.25) is 10.0 Å². The number of hydrogen-bond acceptors (Lipinski definition) is 4. The zero-order valence-electron chi connectivity index (χ0n) is 15.0. The smallest absolute Gasteiger partial charge is 0.251 e. The van der Waals surface area contributed by atoms with Crippen LogP contribution in [0.1, 0.15) is 34.0 Å². The summed E-state index contributed by atoms with van der Waals surface area (Å²) in [5.74, 6) is -0.277. The molecule has 1 fully saturated rings. The summed E-state index contributed by atoms with van der Waals surface area (Å²) in [6.45, 7) is 2.32. The molecule has 2 aromatic carbocycles. The molecule has 144 valence electrons. The maximum Gasteiger partial charge on any atom is 0.251 e. The summed E-state index contributed by atoms with van der Waals surface area (Å²) in [5.41, 5.74) is 2.46. The minimum atomic E-state index is -3.43. The molecular formula is C19H21ClN2O4S. The molecule has 0 aliphatic carbocycles. The number of rotatable bonds is 5. The van der Waals surface area contributed by atoms with Gasteiger partial charge >= 0.3 is 0 Å². The lowest BCUT2D eigenvalue weighted by molar-refractivity contribution is 0.0821. The highest BCUT2D eigenvalue weighted by molar-refractivity contribution is 7.92. The molecule has 1 aliphatic heterocycles. The van der Waals surface area contributed by atoms with Crippen LogP contribution in [0.5, 0.6) is 0 Å². The number of hydrogen-bond donors (Lipinski definition) is 2. The average molecular weight is 409 g/mol. The first kappa shape index (κ1) is 19.7. The van der Waals surface area contributed by atoms with Crippen LogP contribution in [0.3, 0.4) is 0 Å². The lowest BCUT2D eigenvalue weighted by Gasteiger charge is -2.20. The molecule has 1 amide bonds. The largest absolute Gasteiger partial charge is 0.371 e. The van der Waals surface area contributed by atoms with Crippen LogP contribution in [0.15, 0.2) is 42.5 Å². The van der Waals surface area contributed by atoms with Gasteiger partial charge in [0.05, 0.1) is 18.0 Å². The van der Waals surface area contributed by atoms with Crippen molar-refractivity contribution in [2.24, 2.45) is 0 Å². The van der Waals surface area contributed by atoms with Gasteiger partial charge in [0.25, 0.3) is 5.91 Å². The van der Waals surface area contributed by atoms with Crippen molar-refractivity contribution in [1.82, 2.24) is 5.32 Å².